The number of primary amides is 1. The number of rotatable bonds is 8. The lowest BCUT2D eigenvalue weighted by molar-refractivity contribution is -0.124. The fourth-order valence-electron chi connectivity index (χ4n) is 2.17. The minimum absolute atomic E-state index is 0.176. The van der Waals surface area contributed by atoms with Crippen LogP contribution in [0.25, 0.3) is 0 Å². The topological polar surface area (TPSA) is 55.1 Å². The molecule has 100 valence electrons. The van der Waals surface area contributed by atoms with Crippen LogP contribution in [0.4, 0.5) is 0 Å². The van der Waals surface area contributed by atoms with Crippen molar-refractivity contribution >= 4 is 17.7 Å². The molecule has 1 aliphatic carbocycles. The Bertz CT molecular complexity index is 264. The number of hydrogen-bond donors (Lipinski definition) is 2. The normalized spacial score (nSPS) is 19.6. The van der Waals surface area contributed by atoms with Gasteiger partial charge in [-0.05, 0) is 44.3 Å². The predicted molar refractivity (Wildman–Crippen MR) is 75.1 cm³/mol. The predicted octanol–water partition coefficient (Wildman–Crippen LogP) is 2.01. The summed E-state index contributed by atoms with van der Waals surface area (Å²) in [6, 6.07) is 0.294. The van der Waals surface area contributed by atoms with Crippen LogP contribution in [0.1, 0.15) is 40.5 Å². The largest absolute Gasteiger partial charge is 0.368 e. The van der Waals surface area contributed by atoms with Crippen molar-refractivity contribution in [1.29, 1.82) is 0 Å². The Labute approximate surface area is 109 Å². The van der Waals surface area contributed by atoms with Crippen molar-refractivity contribution in [3.05, 3.63) is 0 Å². The summed E-state index contributed by atoms with van der Waals surface area (Å²) < 4.78 is 0. The molecule has 0 spiro atoms. The summed E-state index contributed by atoms with van der Waals surface area (Å²) in [5, 5.41) is 3.43. The third kappa shape index (κ3) is 4.18. The van der Waals surface area contributed by atoms with Crippen LogP contribution in [0, 0.1) is 11.8 Å². The van der Waals surface area contributed by atoms with Gasteiger partial charge in [0, 0.05) is 11.8 Å². The van der Waals surface area contributed by atoms with Crippen LogP contribution in [-0.4, -0.2) is 29.0 Å². The first-order valence-corrected chi connectivity index (χ1v) is 7.69. The second-order valence-electron chi connectivity index (χ2n) is 5.82. The first-order chi connectivity index (χ1) is 7.88. The molecule has 0 heterocycles. The van der Waals surface area contributed by atoms with E-state index in [-0.39, 0.29) is 5.91 Å². The summed E-state index contributed by atoms with van der Waals surface area (Å²) in [5.41, 5.74) is 5.18. The van der Waals surface area contributed by atoms with Gasteiger partial charge >= 0.3 is 0 Å². The summed E-state index contributed by atoms with van der Waals surface area (Å²) in [5.74, 6) is 2.82. The van der Waals surface area contributed by atoms with Crippen molar-refractivity contribution in [2.24, 2.45) is 17.6 Å². The average molecular weight is 258 g/mol. The minimum atomic E-state index is -0.478. The molecule has 1 unspecified atom stereocenters. The molecular weight excluding hydrogens is 232 g/mol. The lowest BCUT2D eigenvalue weighted by Gasteiger charge is -2.34. The molecule has 0 aromatic carbocycles. The Morgan fingerprint density at radius 1 is 1.41 bits per heavy atom. The molecule has 1 atom stereocenters. The van der Waals surface area contributed by atoms with Gasteiger partial charge in [-0.25, -0.2) is 0 Å². The van der Waals surface area contributed by atoms with Crippen molar-refractivity contribution in [3.8, 4) is 0 Å². The van der Waals surface area contributed by atoms with Crippen LogP contribution in [0.2, 0.25) is 0 Å². The Morgan fingerprint density at radius 2 is 2.00 bits per heavy atom. The van der Waals surface area contributed by atoms with Gasteiger partial charge in [-0.2, -0.15) is 11.8 Å². The monoisotopic (exact) mass is 258 g/mol. The molecule has 0 aromatic heterocycles. The van der Waals surface area contributed by atoms with Crippen molar-refractivity contribution in [3.63, 3.8) is 0 Å². The number of nitrogens with two attached hydrogens (primary N) is 1. The molecule has 0 saturated heterocycles. The molecule has 1 amide bonds. The quantitative estimate of drug-likeness (QED) is 0.700. The van der Waals surface area contributed by atoms with Gasteiger partial charge in [0.2, 0.25) is 5.91 Å². The van der Waals surface area contributed by atoms with Crippen LogP contribution < -0.4 is 11.1 Å². The van der Waals surface area contributed by atoms with Gasteiger partial charge in [-0.1, -0.05) is 13.8 Å². The second-order valence-corrected chi connectivity index (χ2v) is 6.85. The van der Waals surface area contributed by atoms with Crippen LogP contribution in [0.3, 0.4) is 0 Å². The molecule has 1 aliphatic rings. The van der Waals surface area contributed by atoms with Crippen LogP contribution in [-0.2, 0) is 4.79 Å². The van der Waals surface area contributed by atoms with E-state index in [2.05, 4.69) is 33.0 Å². The molecule has 0 aromatic rings. The van der Waals surface area contributed by atoms with E-state index in [0.717, 1.165) is 24.3 Å². The van der Waals surface area contributed by atoms with Crippen LogP contribution in [0.15, 0.2) is 0 Å². The standard InChI is InChI=1S/C13H26N2OS/c1-9(2)7-17-8-13(12(14)16,11-5-6-11)15-10(3)4/h9-11,15H,5-8H2,1-4H3,(H2,14,16). The van der Waals surface area contributed by atoms with Gasteiger partial charge in [0.25, 0.3) is 0 Å². The summed E-state index contributed by atoms with van der Waals surface area (Å²) in [4.78, 5) is 11.9. The molecule has 3 nitrogen and oxygen atoms in total. The highest BCUT2D eigenvalue weighted by atomic mass is 32.2. The molecule has 0 aliphatic heterocycles. The Morgan fingerprint density at radius 3 is 2.35 bits per heavy atom. The van der Waals surface area contributed by atoms with E-state index < -0.39 is 5.54 Å². The number of carbonyl (C=O) groups excluding carboxylic acids is 1. The first kappa shape index (κ1) is 14.8. The maximum absolute atomic E-state index is 11.9. The Hall–Kier alpha value is -0.220. The van der Waals surface area contributed by atoms with Gasteiger partial charge in [-0.15, -0.1) is 0 Å². The summed E-state index contributed by atoms with van der Waals surface area (Å²) in [7, 11) is 0. The lowest BCUT2D eigenvalue weighted by atomic mass is 9.93. The van der Waals surface area contributed by atoms with Gasteiger partial charge < -0.3 is 11.1 Å². The highest BCUT2D eigenvalue weighted by Crippen LogP contribution is 2.41. The van der Waals surface area contributed by atoms with Crippen LogP contribution >= 0.6 is 11.8 Å². The smallest absolute Gasteiger partial charge is 0.238 e. The number of thioether (sulfide) groups is 1. The number of hydrogen-bond acceptors (Lipinski definition) is 3. The molecule has 17 heavy (non-hydrogen) atoms. The van der Waals surface area contributed by atoms with E-state index in [1.165, 1.54) is 0 Å². The zero-order valence-corrected chi connectivity index (χ0v) is 12.3. The van der Waals surface area contributed by atoms with Gasteiger partial charge in [0.15, 0.2) is 0 Å². The SMILES string of the molecule is CC(C)CSCC(NC(C)C)(C(N)=O)C1CC1. The zero-order valence-electron chi connectivity index (χ0n) is 11.5. The highest BCUT2D eigenvalue weighted by Gasteiger charge is 2.49. The average Bonchev–Trinajstić information content (AvgIpc) is 2.97. The number of amides is 1. The Balaban J connectivity index is 2.65. The van der Waals surface area contributed by atoms with Gasteiger partial charge in [0.1, 0.15) is 5.54 Å². The summed E-state index contributed by atoms with van der Waals surface area (Å²) >= 11 is 1.84. The lowest BCUT2D eigenvalue weighted by Crippen LogP contribution is -2.61. The second kappa shape index (κ2) is 6.10. The van der Waals surface area contributed by atoms with Gasteiger partial charge in [0.05, 0.1) is 0 Å². The fourth-order valence-corrected chi connectivity index (χ4v) is 3.54. The van der Waals surface area contributed by atoms with E-state index in [9.17, 15) is 4.79 Å². The third-order valence-electron chi connectivity index (χ3n) is 3.04. The van der Waals surface area contributed by atoms with Gasteiger partial charge in [-0.3, -0.25) is 4.79 Å². The molecular formula is C13H26N2OS. The first-order valence-electron chi connectivity index (χ1n) is 6.54. The van der Waals surface area contributed by atoms with E-state index in [1.54, 1.807) is 0 Å². The van der Waals surface area contributed by atoms with E-state index in [0.29, 0.717) is 17.9 Å². The Kier molecular flexibility index (Phi) is 5.32. The summed E-state index contributed by atoms with van der Waals surface area (Å²) in [6.07, 6.45) is 2.26. The molecule has 1 fully saturated rings. The van der Waals surface area contributed by atoms with Crippen molar-refractivity contribution in [2.75, 3.05) is 11.5 Å². The fraction of sp³-hybridized carbons (Fsp3) is 0.923. The highest BCUT2D eigenvalue weighted by molar-refractivity contribution is 7.99. The molecule has 1 rings (SSSR count). The minimum Gasteiger partial charge on any atom is -0.368 e. The van der Waals surface area contributed by atoms with Crippen molar-refractivity contribution in [1.82, 2.24) is 5.32 Å². The molecule has 4 heteroatoms. The third-order valence-corrected chi connectivity index (χ3v) is 4.60. The van der Waals surface area contributed by atoms with E-state index in [1.807, 2.05) is 11.8 Å². The molecule has 1 saturated carbocycles. The molecule has 0 radical (unpaired) electrons. The molecule has 3 N–H and O–H groups in total. The van der Waals surface area contributed by atoms with Crippen LogP contribution in [0.5, 0.6) is 0 Å². The van der Waals surface area contributed by atoms with Crippen molar-refractivity contribution in [2.45, 2.75) is 52.1 Å². The van der Waals surface area contributed by atoms with E-state index >= 15 is 0 Å². The maximum Gasteiger partial charge on any atom is 0.238 e. The molecule has 0 bridgehead atoms. The maximum atomic E-state index is 11.9. The zero-order chi connectivity index (χ0) is 13.1. The van der Waals surface area contributed by atoms with E-state index in [4.69, 9.17) is 5.73 Å². The number of nitrogens with one attached hydrogen (secondary N) is 1. The number of carbonyl (C=O) groups is 1. The van der Waals surface area contributed by atoms with Crippen molar-refractivity contribution < 1.29 is 4.79 Å². The summed E-state index contributed by atoms with van der Waals surface area (Å²) in [6.45, 7) is 8.55.